The highest BCUT2D eigenvalue weighted by atomic mass is 35.5. The second-order valence-corrected chi connectivity index (χ2v) is 7.83. The molecule has 5 heteroatoms. The van der Waals surface area contributed by atoms with Gasteiger partial charge in [0.25, 0.3) is 0 Å². The quantitative estimate of drug-likeness (QED) is 0.733. The first-order valence-electron chi connectivity index (χ1n) is 9.42. The number of halogens is 1. The summed E-state index contributed by atoms with van der Waals surface area (Å²) in [6.07, 6.45) is 2.55. The second kappa shape index (κ2) is 7.73. The van der Waals surface area contributed by atoms with Crippen LogP contribution < -0.4 is 0 Å². The zero-order valence-corrected chi connectivity index (χ0v) is 16.2. The molecule has 1 heterocycles. The highest BCUT2D eigenvalue weighted by Crippen LogP contribution is 2.32. The van der Waals surface area contributed by atoms with Gasteiger partial charge in [0.05, 0.1) is 12.3 Å². The third kappa shape index (κ3) is 4.33. The largest absolute Gasteiger partial charge is 0.390 e. The van der Waals surface area contributed by atoms with Crippen LogP contribution in [0.4, 0.5) is 0 Å². The summed E-state index contributed by atoms with van der Waals surface area (Å²) < 4.78 is 0. The van der Waals surface area contributed by atoms with Gasteiger partial charge in [-0.25, -0.2) is 0 Å². The van der Waals surface area contributed by atoms with Crippen LogP contribution in [0.15, 0.2) is 53.7 Å². The lowest BCUT2D eigenvalue weighted by Crippen LogP contribution is -2.38. The van der Waals surface area contributed by atoms with Crippen LogP contribution in [-0.2, 0) is 16.2 Å². The van der Waals surface area contributed by atoms with Crippen LogP contribution in [0.1, 0.15) is 36.0 Å². The predicted octanol–water partition coefficient (Wildman–Crippen LogP) is 4.58. The van der Waals surface area contributed by atoms with Gasteiger partial charge in [-0.05, 0) is 37.0 Å². The van der Waals surface area contributed by atoms with E-state index in [1.165, 1.54) is 5.56 Å². The number of aryl methyl sites for hydroxylation is 1. The lowest BCUT2D eigenvalue weighted by molar-refractivity contribution is -0.135. The molecule has 140 valence electrons. The van der Waals surface area contributed by atoms with Gasteiger partial charge in [0.2, 0.25) is 5.91 Å². The topological polar surface area (TPSA) is 41.9 Å². The fourth-order valence-corrected chi connectivity index (χ4v) is 3.54. The third-order valence-corrected chi connectivity index (χ3v) is 5.47. The van der Waals surface area contributed by atoms with Gasteiger partial charge >= 0.3 is 0 Å². The molecule has 0 N–H and O–H groups in total. The van der Waals surface area contributed by atoms with Crippen LogP contribution in [0.3, 0.4) is 0 Å². The van der Waals surface area contributed by atoms with E-state index in [4.69, 9.17) is 16.4 Å². The average Bonchev–Trinajstić information content (AvgIpc) is 3.42. The van der Waals surface area contributed by atoms with Gasteiger partial charge in [0.15, 0.2) is 6.10 Å². The Labute approximate surface area is 164 Å². The summed E-state index contributed by atoms with van der Waals surface area (Å²) >= 11 is 6.31. The molecule has 0 unspecified atom stereocenters. The first kappa shape index (κ1) is 18.1. The van der Waals surface area contributed by atoms with E-state index in [9.17, 15) is 4.79 Å². The summed E-state index contributed by atoms with van der Waals surface area (Å²) in [5.74, 6) is 0.355. The summed E-state index contributed by atoms with van der Waals surface area (Å²) in [6, 6.07) is 16.0. The summed E-state index contributed by atoms with van der Waals surface area (Å²) in [5, 5.41) is 4.96. The Morgan fingerprint density at radius 2 is 1.93 bits per heavy atom. The van der Waals surface area contributed by atoms with Crippen LogP contribution in [0.5, 0.6) is 0 Å². The van der Waals surface area contributed by atoms with Crippen molar-refractivity contribution in [2.75, 3.05) is 6.54 Å². The highest BCUT2D eigenvalue weighted by molar-refractivity contribution is 6.31. The first-order valence-corrected chi connectivity index (χ1v) is 9.80. The number of rotatable bonds is 6. The van der Waals surface area contributed by atoms with E-state index in [0.717, 1.165) is 29.7 Å². The number of carbonyl (C=O) groups is 1. The van der Waals surface area contributed by atoms with Crippen molar-refractivity contribution in [2.45, 2.75) is 38.8 Å². The Bertz CT molecular complexity index is 859. The molecule has 27 heavy (non-hydrogen) atoms. The lowest BCUT2D eigenvalue weighted by Gasteiger charge is -2.25. The van der Waals surface area contributed by atoms with E-state index in [0.29, 0.717) is 24.5 Å². The van der Waals surface area contributed by atoms with Gasteiger partial charge in [0, 0.05) is 23.9 Å². The van der Waals surface area contributed by atoms with Gasteiger partial charge < -0.3 is 9.74 Å². The molecule has 0 saturated heterocycles. The molecule has 0 spiro atoms. The second-order valence-electron chi connectivity index (χ2n) is 7.42. The van der Waals surface area contributed by atoms with E-state index in [2.05, 4.69) is 36.3 Å². The van der Waals surface area contributed by atoms with Gasteiger partial charge in [-0.15, -0.1) is 0 Å². The maximum atomic E-state index is 12.8. The smallest absolute Gasteiger partial charge is 0.226 e. The minimum atomic E-state index is -0.119. The van der Waals surface area contributed by atoms with Gasteiger partial charge in [-0.1, -0.05) is 64.8 Å². The highest BCUT2D eigenvalue weighted by Gasteiger charge is 2.35. The van der Waals surface area contributed by atoms with Crippen molar-refractivity contribution in [2.24, 2.45) is 11.1 Å². The molecule has 1 fully saturated rings. The number of nitrogens with zero attached hydrogens (tertiary/aromatic N) is 2. The standard InChI is InChI=1S/C22H23ClN2O2/c1-15-6-8-16(9-7-15)21-12-19(27-24-21)14-25(22(26)17-10-11-17)13-18-4-2-3-5-20(18)23/h2-9,17,19H,10-14H2,1H3/t19-/m1/s1. The zero-order valence-electron chi connectivity index (χ0n) is 15.4. The van der Waals surface area contributed by atoms with Crippen LogP contribution in [0, 0.1) is 12.8 Å². The fraction of sp³-hybridized carbons (Fsp3) is 0.364. The Hall–Kier alpha value is -2.33. The van der Waals surface area contributed by atoms with Crippen LogP contribution in [0.2, 0.25) is 5.02 Å². The molecule has 2 aliphatic rings. The summed E-state index contributed by atoms with van der Waals surface area (Å²) in [6.45, 7) is 3.10. The molecule has 2 aromatic rings. The Kier molecular flexibility index (Phi) is 5.17. The first-order chi connectivity index (χ1) is 13.1. The molecular weight excluding hydrogens is 360 g/mol. The van der Waals surface area contributed by atoms with Gasteiger partial charge in [-0.2, -0.15) is 0 Å². The van der Waals surface area contributed by atoms with E-state index in [-0.39, 0.29) is 17.9 Å². The predicted molar refractivity (Wildman–Crippen MR) is 107 cm³/mol. The van der Waals surface area contributed by atoms with Crippen LogP contribution in [-0.4, -0.2) is 29.2 Å². The monoisotopic (exact) mass is 382 g/mol. The number of benzene rings is 2. The van der Waals surface area contributed by atoms with Crippen molar-refractivity contribution in [1.82, 2.24) is 4.90 Å². The minimum absolute atomic E-state index is 0.119. The number of carbonyl (C=O) groups excluding carboxylic acids is 1. The summed E-state index contributed by atoms with van der Waals surface area (Å²) in [4.78, 5) is 20.3. The average molecular weight is 383 g/mol. The molecule has 0 radical (unpaired) electrons. The Balaban J connectivity index is 1.44. The Morgan fingerprint density at radius 1 is 1.19 bits per heavy atom. The number of amides is 1. The number of oxime groups is 1. The molecule has 4 rings (SSSR count). The molecule has 1 atom stereocenters. The summed E-state index contributed by atoms with van der Waals surface area (Å²) in [7, 11) is 0. The molecule has 0 aromatic heterocycles. The maximum Gasteiger partial charge on any atom is 0.226 e. The molecule has 2 aromatic carbocycles. The van der Waals surface area contributed by atoms with Crippen LogP contribution in [0.25, 0.3) is 0 Å². The van der Waals surface area contributed by atoms with Crippen molar-refractivity contribution in [3.8, 4) is 0 Å². The van der Waals surface area contributed by atoms with Crippen molar-refractivity contribution in [3.63, 3.8) is 0 Å². The van der Waals surface area contributed by atoms with E-state index >= 15 is 0 Å². The molecule has 1 aliphatic carbocycles. The Morgan fingerprint density at radius 3 is 2.63 bits per heavy atom. The van der Waals surface area contributed by atoms with Crippen LogP contribution >= 0.6 is 11.6 Å². The van der Waals surface area contributed by atoms with Crippen molar-refractivity contribution >= 4 is 23.2 Å². The van der Waals surface area contributed by atoms with E-state index < -0.39 is 0 Å². The summed E-state index contributed by atoms with van der Waals surface area (Å²) in [5.41, 5.74) is 4.20. The third-order valence-electron chi connectivity index (χ3n) is 5.10. The lowest BCUT2D eigenvalue weighted by atomic mass is 10.0. The zero-order chi connectivity index (χ0) is 18.8. The van der Waals surface area contributed by atoms with Crippen molar-refractivity contribution < 1.29 is 9.63 Å². The molecule has 4 nitrogen and oxygen atoms in total. The molecule has 0 bridgehead atoms. The van der Waals surface area contributed by atoms with Gasteiger partial charge in [0.1, 0.15) is 0 Å². The molecule has 1 saturated carbocycles. The van der Waals surface area contributed by atoms with E-state index in [1.807, 2.05) is 29.2 Å². The maximum absolute atomic E-state index is 12.8. The van der Waals surface area contributed by atoms with E-state index in [1.54, 1.807) is 0 Å². The normalized spacial score (nSPS) is 18.7. The van der Waals surface area contributed by atoms with Gasteiger partial charge in [-0.3, -0.25) is 4.79 Å². The number of hydrogen-bond donors (Lipinski definition) is 0. The molecule has 1 aliphatic heterocycles. The van der Waals surface area contributed by atoms with Crippen molar-refractivity contribution in [1.29, 1.82) is 0 Å². The minimum Gasteiger partial charge on any atom is -0.390 e. The molecular formula is C22H23ClN2O2. The fourth-order valence-electron chi connectivity index (χ4n) is 3.34. The number of hydrogen-bond acceptors (Lipinski definition) is 3. The molecule has 1 amide bonds. The SMILES string of the molecule is Cc1ccc(C2=NO[C@@H](CN(Cc3ccccc3Cl)C(=O)C3CC3)C2)cc1. The van der Waals surface area contributed by atoms with Crippen molar-refractivity contribution in [3.05, 3.63) is 70.2 Å².